The molecule has 3 aromatic rings. The van der Waals surface area contributed by atoms with Crippen molar-refractivity contribution in [3.63, 3.8) is 0 Å². The van der Waals surface area contributed by atoms with Crippen LogP contribution in [0.25, 0.3) is 10.9 Å². The lowest BCUT2D eigenvalue weighted by atomic mass is 9.89. The summed E-state index contributed by atoms with van der Waals surface area (Å²) in [5.74, 6) is -0.469. The number of hydrogen-bond donors (Lipinski definition) is 1. The first kappa shape index (κ1) is 21.7. The fraction of sp³-hybridized carbons (Fsp3) is 0.400. The Bertz CT molecular complexity index is 1160. The lowest BCUT2D eigenvalue weighted by molar-refractivity contribution is -0.117. The predicted octanol–water partition coefficient (Wildman–Crippen LogP) is 2.93. The van der Waals surface area contributed by atoms with Gasteiger partial charge >= 0.3 is 0 Å². The van der Waals surface area contributed by atoms with Crippen LogP contribution in [-0.4, -0.2) is 57.7 Å². The van der Waals surface area contributed by atoms with Crippen molar-refractivity contribution in [2.45, 2.75) is 51.0 Å². The summed E-state index contributed by atoms with van der Waals surface area (Å²) in [7, 11) is 0. The molecule has 5 rings (SSSR count). The summed E-state index contributed by atoms with van der Waals surface area (Å²) in [5, 5.41) is 8.39. The van der Waals surface area contributed by atoms with Crippen molar-refractivity contribution >= 4 is 22.6 Å². The summed E-state index contributed by atoms with van der Waals surface area (Å²) in [6, 6.07) is 14.5. The molecule has 2 fully saturated rings. The van der Waals surface area contributed by atoms with Crippen molar-refractivity contribution in [1.29, 1.82) is 0 Å². The third-order valence-corrected chi connectivity index (χ3v) is 6.53. The summed E-state index contributed by atoms with van der Waals surface area (Å²) in [6.07, 6.45) is 1.55. The van der Waals surface area contributed by atoms with E-state index < -0.39 is 0 Å². The molecule has 1 amide bonds. The highest BCUT2D eigenvalue weighted by Crippen LogP contribution is 2.30. The Morgan fingerprint density at radius 3 is 2.48 bits per heavy atom. The summed E-state index contributed by atoms with van der Waals surface area (Å²) < 4.78 is 20.7. The van der Waals surface area contributed by atoms with Crippen molar-refractivity contribution < 1.29 is 18.7 Å². The predicted molar refractivity (Wildman–Crippen MR) is 121 cm³/mol. The Morgan fingerprint density at radius 2 is 1.79 bits per heavy atom. The molecule has 8 heteroatoms. The quantitative estimate of drug-likeness (QED) is 0.625. The number of rotatable bonds is 6. The number of carbonyl (C=O) groups excluding carboxylic acids is 2. The average molecular weight is 451 g/mol. The van der Waals surface area contributed by atoms with Crippen molar-refractivity contribution in [3.8, 4) is 0 Å². The van der Waals surface area contributed by atoms with Gasteiger partial charge in [-0.05, 0) is 43.5 Å². The number of nitrogens with one attached hydrogen (secondary N) is 1. The van der Waals surface area contributed by atoms with Gasteiger partial charge in [0.2, 0.25) is 0 Å². The van der Waals surface area contributed by atoms with E-state index in [4.69, 9.17) is 4.74 Å². The molecule has 2 aromatic carbocycles. The number of morpholine rings is 1. The van der Waals surface area contributed by atoms with Gasteiger partial charge in [-0.3, -0.25) is 19.2 Å². The second-order valence-corrected chi connectivity index (χ2v) is 9.01. The molecule has 0 radical (unpaired) electrons. The maximum atomic E-state index is 13.3. The van der Waals surface area contributed by atoms with Crippen LogP contribution in [0.15, 0.2) is 48.5 Å². The summed E-state index contributed by atoms with van der Waals surface area (Å²) in [5.41, 5.74) is 2.19. The third kappa shape index (κ3) is 4.54. The molecule has 0 saturated carbocycles. The second kappa shape index (κ2) is 9.03. The maximum absolute atomic E-state index is 13.3. The number of nitrogens with zero attached hydrogens (tertiary/aromatic N) is 3. The molecule has 3 atom stereocenters. The average Bonchev–Trinajstić information content (AvgIpc) is 3.14. The highest BCUT2D eigenvalue weighted by atomic mass is 19.1. The number of ketones is 1. The topological polar surface area (TPSA) is 76.5 Å². The van der Waals surface area contributed by atoms with Crippen molar-refractivity contribution in [2.24, 2.45) is 0 Å². The molecule has 1 unspecified atom stereocenters. The van der Waals surface area contributed by atoms with Crippen LogP contribution in [0.4, 0.5) is 4.39 Å². The molecule has 1 aromatic heterocycles. The van der Waals surface area contributed by atoms with Gasteiger partial charge in [0.1, 0.15) is 5.82 Å². The van der Waals surface area contributed by atoms with Crippen LogP contribution in [0, 0.1) is 5.82 Å². The molecule has 2 bridgehead atoms. The van der Waals surface area contributed by atoms with Crippen LogP contribution in [-0.2, 0) is 22.6 Å². The third-order valence-electron chi connectivity index (χ3n) is 6.53. The van der Waals surface area contributed by atoms with E-state index in [9.17, 15) is 14.0 Å². The van der Waals surface area contributed by atoms with Crippen molar-refractivity contribution in [3.05, 3.63) is 65.6 Å². The van der Waals surface area contributed by atoms with Gasteiger partial charge in [0.15, 0.2) is 11.5 Å². The largest absolute Gasteiger partial charge is 0.378 e. The molecule has 2 aliphatic heterocycles. The number of aromatic nitrogens is 2. The standard InChI is InChI=1S/C25H27FN4O3/c1-16(31)12-30-23-5-3-2-4-22(23)24(28-30)25(32)27-19-10-20-14-33-15-21(11-19)29(20)13-17-6-8-18(26)9-7-17/h2-9,19-21H,10-15H2,1H3,(H,27,32)/t19?,20-,21+. The molecule has 1 N–H and O–H groups in total. The summed E-state index contributed by atoms with van der Waals surface area (Å²) in [6.45, 7) is 3.61. The fourth-order valence-corrected chi connectivity index (χ4v) is 5.05. The smallest absolute Gasteiger partial charge is 0.272 e. The Morgan fingerprint density at radius 1 is 1.09 bits per heavy atom. The number of benzene rings is 2. The molecule has 3 heterocycles. The lowest BCUT2D eigenvalue weighted by Crippen LogP contribution is -2.60. The van der Waals surface area contributed by atoms with Gasteiger partial charge < -0.3 is 10.1 Å². The normalized spacial score (nSPS) is 22.9. The number of hydrogen-bond acceptors (Lipinski definition) is 5. The number of halogens is 1. The van der Waals surface area contributed by atoms with Crippen LogP contribution in [0.1, 0.15) is 35.8 Å². The SMILES string of the molecule is CC(=O)Cn1nc(C(=O)NC2C[C@H]3COC[C@@H](C2)N3Cc2ccc(F)cc2)c2ccccc21. The van der Waals surface area contributed by atoms with E-state index in [1.807, 2.05) is 36.4 Å². The van der Waals surface area contributed by atoms with E-state index in [0.717, 1.165) is 35.9 Å². The van der Waals surface area contributed by atoms with E-state index in [1.54, 1.807) is 4.68 Å². The van der Waals surface area contributed by atoms with Crippen molar-refractivity contribution in [1.82, 2.24) is 20.0 Å². The number of piperidine rings is 1. The second-order valence-electron chi connectivity index (χ2n) is 9.01. The summed E-state index contributed by atoms with van der Waals surface area (Å²) >= 11 is 0. The first-order valence-corrected chi connectivity index (χ1v) is 11.3. The van der Waals surface area contributed by atoms with Gasteiger partial charge in [-0.15, -0.1) is 0 Å². The number of ether oxygens (including phenoxy) is 1. The van der Waals surface area contributed by atoms with Gasteiger partial charge in [0.25, 0.3) is 5.91 Å². The van der Waals surface area contributed by atoms with Crippen LogP contribution in [0.5, 0.6) is 0 Å². The zero-order chi connectivity index (χ0) is 22.9. The Labute approximate surface area is 191 Å². The minimum Gasteiger partial charge on any atom is -0.378 e. The Hall–Kier alpha value is -3.10. The number of para-hydroxylation sites is 1. The molecule has 2 saturated heterocycles. The monoisotopic (exact) mass is 450 g/mol. The van der Waals surface area contributed by atoms with E-state index in [0.29, 0.717) is 18.9 Å². The molecule has 33 heavy (non-hydrogen) atoms. The minimum atomic E-state index is -0.234. The first-order chi connectivity index (χ1) is 16.0. The van der Waals surface area contributed by atoms with Gasteiger partial charge in [-0.25, -0.2) is 4.39 Å². The molecular formula is C25H27FN4O3. The van der Waals surface area contributed by atoms with E-state index in [1.165, 1.54) is 19.1 Å². The van der Waals surface area contributed by atoms with Crippen LogP contribution in [0.2, 0.25) is 0 Å². The maximum Gasteiger partial charge on any atom is 0.272 e. The van der Waals surface area contributed by atoms with E-state index in [2.05, 4.69) is 15.3 Å². The number of amides is 1. The fourth-order valence-electron chi connectivity index (χ4n) is 5.05. The minimum absolute atomic E-state index is 0.0117. The van der Waals surface area contributed by atoms with Crippen molar-refractivity contribution in [2.75, 3.05) is 13.2 Å². The zero-order valence-electron chi connectivity index (χ0n) is 18.5. The highest BCUT2D eigenvalue weighted by molar-refractivity contribution is 6.05. The van der Waals surface area contributed by atoms with Gasteiger partial charge in [-0.2, -0.15) is 5.10 Å². The number of Topliss-reactive ketones (excluding diaryl/α,β-unsaturated/α-hetero) is 1. The molecule has 172 valence electrons. The van der Waals surface area contributed by atoms with E-state index >= 15 is 0 Å². The Kier molecular flexibility index (Phi) is 5.95. The Balaban J connectivity index is 1.30. The molecular weight excluding hydrogens is 423 g/mol. The lowest BCUT2D eigenvalue weighted by Gasteiger charge is -2.48. The molecule has 0 aliphatic carbocycles. The van der Waals surface area contributed by atoms with Gasteiger partial charge in [0.05, 0.1) is 25.3 Å². The summed E-state index contributed by atoms with van der Waals surface area (Å²) in [4.78, 5) is 27.3. The molecule has 0 spiro atoms. The van der Waals surface area contributed by atoms with E-state index in [-0.39, 0.29) is 42.2 Å². The number of carbonyl (C=O) groups is 2. The molecule has 2 aliphatic rings. The highest BCUT2D eigenvalue weighted by Gasteiger charge is 2.39. The van der Waals surface area contributed by atoms with Crippen LogP contribution < -0.4 is 5.32 Å². The van der Waals surface area contributed by atoms with Gasteiger partial charge in [0, 0.05) is 30.1 Å². The molecule has 7 nitrogen and oxygen atoms in total. The first-order valence-electron chi connectivity index (χ1n) is 11.3. The van der Waals surface area contributed by atoms with Crippen LogP contribution in [0.3, 0.4) is 0 Å². The number of fused-ring (bicyclic) bond motifs is 3. The van der Waals surface area contributed by atoms with Gasteiger partial charge in [-0.1, -0.05) is 30.3 Å². The zero-order valence-corrected chi connectivity index (χ0v) is 18.5. The van der Waals surface area contributed by atoms with Crippen LogP contribution >= 0.6 is 0 Å².